The Morgan fingerprint density at radius 1 is 1.38 bits per heavy atom. The van der Waals surface area contributed by atoms with Crippen LogP contribution in [-0.2, 0) is 4.79 Å². The maximum atomic E-state index is 11.6. The van der Waals surface area contributed by atoms with E-state index in [-0.39, 0.29) is 0 Å². The van der Waals surface area contributed by atoms with E-state index in [0.717, 1.165) is 44.7 Å². The van der Waals surface area contributed by atoms with Crippen molar-refractivity contribution in [3.63, 3.8) is 0 Å². The summed E-state index contributed by atoms with van der Waals surface area (Å²) in [5, 5.41) is 9.53. The zero-order chi connectivity index (χ0) is 11.8. The number of aliphatic carboxylic acids is 1. The highest BCUT2D eigenvalue weighted by Gasteiger charge is 2.49. The van der Waals surface area contributed by atoms with E-state index in [1.807, 2.05) is 0 Å². The second-order valence-corrected chi connectivity index (χ2v) is 5.70. The molecule has 1 aliphatic heterocycles. The summed E-state index contributed by atoms with van der Waals surface area (Å²) >= 11 is 0. The molecule has 3 heteroatoms. The summed E-state index contributed by atoms with van der Waals surface area (Å²) in [6.07, 6.45) is 5.09. The number of likely N-dealkylation sites (tertiary alicyclic amines) is 1. The number of rotatable bonds is 3. The number of hydrogen-bond donors (Lipinski definition) is 1. The van der Waals surface area contributed by atoms with Crippen molar-refractivity contribution in [1.29, 1.82) is 0 Å². The van der Waals surface area contributed by atoms with Crippen LogP contribution in [0, 0.1) is 11.8 Å². The van der Waals surface area contributed by atoms with E-state index >= 15 is 0 Å². The van der Waals surface area contributed by atoms with Gasteiger partial charge in [0.1, 0.15) is 5.54 Å². The van der Waals surface area contributed by atoms with E-state index in [2.05, 4.69) is 18.7 Å². The van der Waals surface area contributed by atoms with Crippen LogP contribution in [0.3, 0.4) is 0 Å². The molecule has 1 saturated carbocycles. The van der Waals surface area contributed by atoms with Crippen molar-refractivity contribution in [2.75, 3.05) is 13.1 Å². The van der Waals surface area contributed by atoms with Gasteiger partial charge in [0.15, 0.2) is 0 Å². The van der Waals surface area contributed by atoms with Gasteiger partial charge in [-0.1, -0.05) is 20.3 Å². The summed E-state index contributed by atoms with van der Waals surface area (Å²) < 4.78 is 0. The molecule has 3 nitrogen and oxygen atoms in total. The maximum Gasteiger partial charge on any atom is 0.324 e. The van der Waals surface area contributed by atoms with Gasteiger partial charge in [0.2, 0.25) is 0 Å². The Hall–Kier alpha value is -0.570. The third-order valence-corrected chi connectivity index (χ3v) is 4.58. The second-order valence-electron chi connectivity index (χ2n) is 5.70. The minimum atomic E-state index is -0.589. The summed E-state index contributed by atoms with van der Waals surface area (Å²) in [4.78, 5) is 13.8. The average molecular weight is 225 g/mol. The molecule has 0 amide bonds. The molecule has 0 spiro atoms. The van der Waals surface area contributed by atoms with Crippen LogP contribution >= 0.6 is 0 Å². The highest BCUT2D eigenvalue weighted by atomic mass is 16.4. The molecule has 1 heterocycles. The second kappa shape index (κ2) is 4.36. The molecule has 1 N–H and O–H groups in total. The van der Waals surface area contributed by atoms with E-state index in [9.17, 15) is 9.90 Å². The van der Waals surface area contributed by atoms with Gasteiger partial charge in [0.25, 0.3) is 0 Å². The van der Waals surface area contributed by atoms with Crippen molar-refractivity contribution >= 4 is 5.97 Å². The molecule has 0 radical (unpaired) electrons. The van der Waals surface area contributed by atoms with E-state index < -0.39 is 11.5 Å². The third-order valence-electron chi connectivity index (χ3n) is 4.58. The molecule has 0 bridgehead atoms. The lowest BCUT2D eigenvalue weighted by Crippen LogP contribution is -2.64. The monoisotopic (exact) mass is 225 g/mol. The van der Waals surface area contributed by atoms with Crippen molar-refractivity contribution < 1.29 is 9.90 Å². The normalized spacial score (nSPS) is 37.0. The number of nitrogens with zero attached hydrogens (tertiary/aromatic N) is 1. The van der Waals surface area contributed by atoms with Gasteiger partial charge in [-0.15, -0.1) is 0 Å². The first-order valence-corrected chi connectivity index (χ1v) is 6.57. The van der Waals surface area contributed by atoms with E-state index in [1.165, 1.54) is 6.42 Å². The first kappa shape index (κ1) is 11.9. The molecular formula is C13H23NO2. The Labute approximate surface area is 97.8 Å². The van der Waals surface area contributed by atoms with Crippen LogP contribution in [0.5, 0.6) is 0 Å². The van der Waals surface area contributed by atoms with Crippen LogP contribution in [0.4, 0.5) is 0 Å². The quantitative estimate of drug-likeness (QED) is 0.801. The molecule has 1 aliphatic carbocycles. The molecule has 16 heavy (non-hydrogen) atoms. The molecule has 2 aliphatic rings. The molecule has 0 aromatic rings. The predicted octanol–water partition coefficient (Wildman–Crippen LogP) is 2.36. The van der Waals surface area contributed by atoms with Crippen LogP contribution in [0.1, 0.15) is 46.0 Å². The van der Waals surface area contributed by atoms with Gasteiger partial charge in [-0.05, 0) is 37.5 Å². The summed E-state index contributed by atoms with van der Waals surface area (Å²) in [5.74, 6) is 0.847. The Bertz CT molecular complexity index is 263. The number of carboxylic acid groups (broad SMARTS) is 1. The highest BCUT2D eigenvalue weighted by molar-refractivity contribution is 5.79. The topological polar surface area (TPSA) is 40.5 Å². The standard InChI is InChI=1S/C13H23NO2/c1-3-11-4-6-13(7-5-11,12(15)16)14-8-10(2)9-14/h10-11H,3-9H2,1-2H3,(H,15,16). The first-order valence-electron chi connectivity index (χ1n) is 6.57. The van der Waals surface area contributed by atoms with Gasteiger partial charge in [0.05, 0.1) is 0 Å². The Morgan fingerprint density at radius 2 is 1.94 bits per heavy atom. The van der Waals surface area contributed by atoms with Crippen molar-refractivity contribution in [1.82, 2.24) is 4.90 Å². The minimum absolute atomic E-state index is 0.516. The largest absolute Gasteiger partial charge is 0.480 e. The molecule has 0 aromatic carbocycles. The zero-order valence-corrected chi connectivity index (χ0v) is 10.4. The Morgan fingerprint density at radius 3 is 2.31 bits per heavy atom. The van der Waals surface area contributed by atoms with Gasteiger partial charge in [-0.2, -0.15) is 0 Å². The van der Waals surface area contributed by atoms with Crippen LogP contribution in [-0.4, -0.2) is 34.6 Å². The molecule has 1 saturated heterocycles. The maximum absolute atomic E-state index is 11.6. The fourth-order valence-electron chi connectivity index (χ4n) is 3.28. The van der Waals surface area contributed by atoms with Crippen LogP contribution in [0.25, 0.3) is 0 Å². The van der Waals surface area contributed by atoms with E-state index in [1.54, 1.807) is 0 Å². The lowest BCUT2D eigenvalue weighted by molar-refractivity contribution is -0.161. The lowest BCUT2D eigenvalue weighted by atomic mass is 9.73. The van der Waals surface area contributed by atoms with Crippen molar-refractivity contribution in [2.24, 2.45) is 11.8 Å². The molecule has 2 fully saturated rings. The first-order chi connectivity index (χ1) is 7.58. The summed E-state index contributed by atoms with van der Waals surface area (Å²) in [6, 6.07) is 0. The van der Waals surface area contributed by atoms with Gasteiger partial charge in [-0.3, -0.25) is 9.69 Å². The van der Waals surface area contributed by atoms with Crippen LogP contribution in [0.15, 0.2) is 0 Å². The van der Waals surface area contributed by atoms with Crippen LogP contribution in [0.2, 0.25) is 0 Å². The SMILES string of the molecule is CCC1CCC(C(=O)O)(N2CC(C)C2)CC1. The molecule has 92 valence electrons. The molecule has 0 atom stereocenters. The van der Waals surface area contributed by atoms with E-state index in [4.69, 9.17) is 0 Å². The van der Waals surface area contributed by atoms with Crippen LogP contribution < -0.4 is 0 Å². The van der Waals surface area contributed by atoms with Gasteiger partial charge >= 0.3 is 5.97 Å². The summed E-state index contributed by atoms with van der Waals surface area (Å²) in [6.45, 7) is 6.36. The average Bonchev–Trinajstić information content (AvgIpc) is 2.25. The minimum Gasteiger partial charge on any atom is -0.480 e. The van der Waals surface area contributed by atoms with E-state index in [0.29, 0.717) is 5.92 Å². The van der Waals surface area contributed by atoms with Crippen molar-refractivity contribution in [3.8, 4) is 0 Å². The third kappa shape index (κ3) is 1.86. The molecule has 2 rings (SSSR count). The molecular weight excluding hydrogens is 202 g/mol. The number of hydrogen-bond acceptors (Lipinski definition) is 2. The predicted molar refractivity (Wildman–Crippen MR) is 63.4 cm³/mol. The van der Waals surface area contributed by atoms with Gasteiger partial charge in [-0.25, -0.2) is 0 Å². The molecule has 0 unspecified atom stereocenters. The van der Waals surface area contributed by atoms with Gasteiger partial charge in [0, 0.05) is 13.1 Å². The smallest absolute Gasteiger partial charge is 0.324 e. The fourth-order valence-corrected chi connectivity index (χ4v) is 3.28. The van der Waals surface area contributed by atoms with Gasteiger partial charge < -0.3 is 5.11 Å². The zero-order valence-electron chi connectivity index (χ0n) is 10.4. The Kier molecular flexibility index (Phi) is 3.24. The summed E-state index contributed by atoms with van der Waals surface area (Å²) in [5.41, 5.74) is -0.516. The summed E-state index contributed by atoms with van der Waals surface area (Å²) in [7, 11) is 0. The van der Waals surface area contributed by atoms with Crippen molar-refractivity contribution in [2.45, 2.75) is 51.5 Å². The number of carboxylic acids is 1. The lowest BCUT2D eigenvalue weighted by Gasteiger charge is -2.51. The Balaban J connectivity index is 2.04. The fraction of sp³-hybridized carbons (Fsp3) is 0.923. The highest BCUT2D eigenvalue weighted by Crippen LogP contribution is 2.41. The number of carbonyl (C=O) groups is 1. The molecule has 0 aromatic heterocycles. The van der Waals surface area contributed by atoms with Crippen molar-refractivity contribution in [3.05, 3.63) is 0 Å².